The van der Waals surface area contributed by atoms with Gasteiger partial charge in [-0.3, -0.25) is 10.2 Å². The van der Waals surface area contributed by atoms with E-state index >= 15 is 0 Å². The second kappa shape index (κ2) is 9.11. The fraction of sp³-hybridized carbons (Fsp3) is 0.0417. The highest BCUT2D eigenvalue weighted by Gasteiger charge is 2.26. The van der Waals surface area contributed by atoms with Crippen molar-refractivity contribution in [1.29, 1.82) is 10.7 Å². The normalized spacial score (nSPS) is 15.4. The first-order valence-electron chi connectivity index (χ1n) is 9.79. The lowest BCUT2D eigenvalue weighted by atomic mass is 10.0. The van der Waals surface area contributed by atoms with Crippen LogP contribution < -0.4 is 11.1 Å². The Morgan fingerprint density at radius 1 is 1.15 bits per heavy atom. The fourth-order valence-electron chi connectivity index (χ4n) is 3.22. The number of hydrogen-bond acceptors (Lipinski definition) is 6. The molecule has 1 atom stereocenters. The molecule has 162 valence electrons. The Hall–Kier alpha value is -4.84. The maximum Gasteiger partial charge on any atom is 0.291 e. The van der Waals surface area contributed by atoms with E-state index in [9.17, 15) is 9.18 Å². The molecule has 0 saturated carbocycles. The van der Waals surface area contributed by atoms with Gasteiger partial charge in [0.1, 0.15) is 11.9 Å². The minimum Gasteiger partial charge on any atom is -0.407 e. The summed E-state index contributed by atoms with van der Waals surface area (Å²) < 4.78 is 18.7. The number of ether oxygens (including phenoxy) is 1. The Kier molecular flexibility index (Phi) is 5.91. The van der Waals surface area contributed by atoms with E-state index < -0.39 is 29.8 Å². The van der Waals surface area contributed by atoms with Crippen LogP contribution in [-0.4, -0.2) is 29.7 Å². The van der Waals surface area contributed by atoms with Gasteiger partial charge in [-0.2, -0.15) is 10.3 Å². The monoisotopic (exact) mass is 440 g/mol. The highest BCUT2D eigenvalue weighted by molar-refractivity contribution is 6.19. The maximum atomic E-state index is 13.5. The van der Waals surface area contributed by atoms with Crippen molar-refractivity contribution in [2.75, 3.05) is 5.32 Å². The number of anilines is 1. The van der Waals surface area contributed by atoms with Crippen molar-refractivity contribution in [3.8, 4) is 6.07 Å². The van der Waals surface area contributed by atoms with Crippen LogP contribution in [0.25, 0.3) is 0 Å². The van der Waals surface area contributed by atoms with Gasteiger partial charge >= 0.3 is 0 Å². The largest absolute Gasteiger partial charge is 0.407 e. The first-order valence-corrected chi connectivity index (χ1v) is 9.79. The molecule has 33 heavy (non-hydrogen) atoms. The van der Waals surface area contributed by atoms with Gasteiger partial charge < -0.3 is 15.8 Å². The fourth-order valence-corrected chi connectivity index (χ4v) is 3.22. The maximum absolute atomic E-state index is 13.5. The van der Waals surface area contributed by atoms with Crippen LogP contribution in [0.2, 0.25) is 0 Å². The lowest BCUT2D eigenvalue weighted by Crippen LogP contribution is -2.29. The van der Waals surface area contributed by atoms with Crippen molar-refractivity contribution in [3.63, 3.8) is 0 Å². The van der Waals surface area contributed by atoms with Crippen LogP contribution in [0, 0.1) is 22.6 Å². The molecule has 1 unspecified atom stereocenters. The van der Waals surface area contributed by atoms with Crippen LogP contribution in [0.4, 0.5) is 10.1 Å². The zero-order valence-electron chi connectivity index (χ0n) is 17.1. The summed E-state index contributed by atoms with van der Waals surface area (Å²) in [4.78, 5) is 21.4. The number of carbonyl (C=O) groups is 1. The smallest absolute Gasteiger partial charge is 0.291 e. The van der Waals surface area contributed by atoms with Crippen LogP contribution in [-0.2, 0) is 9.53 Å². The van der Waals surface area contributed by atoms with Gasteiger partial charge in [-0.05, 0) is 24.3 Å². The van der Waals surface area contributed by atoms with E-state index in [-0.39, 0.29) is 11.1 Å². The van der Waals surface area contributed by atoms with Gasteiger partial charge in [0, 0.05) is 16.7 Å². The van der Waals surface area contributed by atoms with Crippen molar-refractivity contribution in [2.24, 2.45) is 15.7 Å². The molecule has 1 heterocycles. The van der Waals surface area contributed by atoms with Crippen molar-refractivity contribution >= 4 is 29.2 Å². The number of hydrogen-bond donors (Lipinski definition) is 3. The van der Waals surface area contributed by atoms with Crippen molar-refractivity contribution < 1.29 is 13.9 Å². The number of carbonyl (C=O) groups excluding carboxylic acids is 1. The first-order chi connectivity index (χ1) is 16.0. The molecule has 8 nitrogen and oxygen atoms in total. The summed E-state index contributed by atoms with van der Waals surface area (Å²) >= 11 is 0. The number of nitriles is 1. The number of halogens is 1. The molecule has 3 aromatic carbocycles. The zero-order valence-corrected chi connectivity index (χ0v) is 17.1. The third-order valence-corrected chi connectivity index (χ3v) is 4.78. The molecule has 4 rings (SSSR count). The molecule has 0 aromatic heterocycles. The molecule has 1 amide bonds. The lowest BCUT2D eigenvalue weighted by molar-refractivity contribution is -0.117. The van der Waals surface area contributed by atoms with E-state index in [1.54, 1.807) is 18.2 Å². The molecular formula is C24H17FN6O2. The average Bonchev–Trinajstić information content (AvgIpc) is 2.96. The van der Waals surface area contributed by atoms with E-state index in [1.165, 1.54) is 6.07 Å². The molecule has 4 N–H and O–H groups in total. The van der Waals surface area contributed by atoms with E-state index in [0.717, 1.165) is 23.3 Å². The molecule has 0 aliphatic carbocycles. The summed E-state index contributed by atoms with van der Waals surface area (Å²) in [6, 6.07) is 21.2. The van der Waals surface area contributed by atoms with Crippen LogP contribution in [0.15, 0.2) is 82.8 Å². The molecule has 0 fully saturated rings. The van der Waals surface area contributed by atoms with Crippen molar-refractivity contribution in [3.05, 3.63) is 101 Å². The van der Waals surface area contributed by atoms with Crippen LogP contribution in [0.5, 0.6) is 0 Å². The van der Waals surface area contributed by atoms with E-state index in [0.29, 0.717) is 11.4 Å². The quantitative estimate of drug-likeness (QED) is 0.425. The number of para-hydroxylation sites is 1. The summed E-state index contributed by atoms with van der Waals surface area (Å²) in [5.41, 5.74) is 8.34. The minimum absolute atomic E-state index is 0.122. The van der Waals surface area contributed by atoms with Crippen LogP contribution in [0.1, 0.15) is 22.3 Å². The number of rotatable bonds is 3. The molecule has 3 aromatic rings. The second-order valence-corrected chi connectivity index (χ2v) is 6.96. The minimum atomic E-state index is -1.27. The number of nitrogens with two attached hydrogens (primary N) is 1. The predicted octanol–water partition coefficient (Wildman–Crippen LogP) is 3.17. The molecule has 0 bridgehead atoms. The second-order valence-electron chi connectivity index (χ2n) is 6.96. The van der Waals surface area contributed by atoms with Crippen LogP contribution in [0.3, 0.4) is 0 Å². The summed E-state index contributed by atoms with van der Waals surface area (Å²) in [6.07, 6.45) is -1.27. The Balaban J connectivity index is 1.66. The molecular weight excluding hydrogens is 423 g/mol. The summed E-state index contributed by atoms with van der Waals surface area (Å²) in [5.74, 6) is -1.70. The lowest BCUT2D eigenvalue weighted by Gasteiger charge is -2.10. The number of nitrogens with zero attached hydrogens (tertiary/aromatic N) is 3. The van der Waals surface area contributed by atoms with Gasteiger partial charge in [-0.15, -0.1) is 0 Å². The highest BCUT2D eigenvalue weighted by Crippen LogP contribution is 2.24. The standard InChI is InChI=1S/C24H17FN6O2/c25-18-11-10-15(12-16(18)13-26)21(27)33-24(28)31-22-23(32)29-19-9-5-4-8-17(19)20(30-22)14-6-2-1-3-7-14/h1-12,22,27H,(H2,28,31)(H,29,32). The van der Waals surface area contributed by atoms with Crippen molar-refractivity contribution in [2.45, 2.75) is 6.17 Å². The number of benzodiazepines with no additional fused rings is 1. The summed E-state index contributed by atoms with van der Waals surface area (Å²) in [5, 5.41) is 19.8. The highest BCUT2D eigenvalue weighted by atomic mass is 19.1. The first kappa shape index (κ1) is 21.4. The number of fused-ring (bicyclic) bond motifs is 1. The predicted molar refractivity (Wildman–Crippen MR) is 122 cm³/mol. The van der Waals surface area contributed by atoms with Gasteiger partial charge in [0.05, 0.1) is 17.0 Å². The number of amidine groups is 1. The molecule has 1 aliphatic heterocycles. The van der Waals surface area contributed by atoms with Gasteiger partial charge in [-0.1, -0.05) is 48.5 Å². The Labute approximate surface area is 188 Å². The summed E-state index contributed by atoms with van der Waals surface area (Å²) in [7, 11) is 0. The van der Waals surface area contributed by atoms with E-state index in [4.69, 9.17) is 21.1 Å². The topological polar surface area (TPSA) is 137 Å². The summed E-state index contributed by atoms with van der Waals surface area (Å²) in [6.45, 7) is 0. The number of nitrogens with one attached hydrogen (secondary N) is 2. The number of benzene rings is 3. The molecule has 0 spiro atoms. The number of amides is 1. The zero-order chi connectivity index (χ0) is 23.4. The number of aliphatic imine (C=N–C) groups is 2. The van der Waals surface area contributed by atoms with Crippen LogP contribution >= 0.6 is 0 Å². The molecule has 0 saturated heterocycles. The third-order valence-electron chi connectivity index (χ3n) is 4.78. The van der Waals surface area contributed by atoms with Gasteiger partial charge in [-0.25, -0.2) is 9.38 Å². The Morgan fingerprint density at radius 2 is 1.88 bits per heavy atom. The van der Waals surface area contributed by atoms with Gasteiger partial charge in [0.25, 0.3) is 11.9 Å². The average molecular weight is 440 g/mol. The Bertz CT molecular complexity index is 1340. The van der Waals surface area contributed by atoms with E-state index in [1.807, 2.05) is 42.5 Å². The van der Waals surface area contributed by atoms with Crippen molar-refractivity contribution in [1.82, 2.24) is 0 Å². The third kappa shape index (κ3) is 4.60. The Morgan fingerprint density at radius 3 is 2.64 bits per heavy atom. The van der Waals surface area contributed by atoms with Gasteiger partial charge in [0.15, 0.2) is 0 Å². The molecule has 0 radical (unpaired) electrons. The molecule has 1 aliphatic rings. The SMILES string of the molecule is N#Cc1cc(C(=N)O/C(N)=N/C2N=C(c3ccccc3)c3ccccc3NC2=O)ccc1F. The van der Waals surface area contributed by atoms with E-state index in [2.05, 4.69) is 15.3 Å². The molecule has 9 heteroatoms. The van der Waals surface area contributed by atoms with Gasteiger partial charge in [0.2, 0.25) is 12.1 Å².